The van der Waals surface area contributed by atoms with Gasteiger partial charge in [-0.2, -0.15) is 4.68 Å². The van der Waals surface area contributed by atoms with Crippen LogP contribution in [0.2, 0.25) is 5.02 Å². The lowest BCUT2D eigenvalue weighted by Gasteiger charge is -2.23. The Morgan fingerprint density at radius 1 is 1.04 bits per heavy atom. The zero-order valence-corrected chi connectivity index (χ0v) is 12.6. The molecule has 0 saturated heterocycles. The van der Waals surface area contributed by atoms with E-state index in [-0.39, 0.29) is 11.9 Å². The summed E-state index contributed by atoms with van der Waals surface area (Å²) in [5.74, 6) is 0.260. The fraction of sp³-hybridized carbons (Fsp3) is 0.0625. The number of nitrogens with zero attached hydrogens (tertiary/aromatic N) is 4. The predicted molar refractivity (Wildman–Crippen MR) is 85.4 cm³/mol. The molecule has 4 rings (SSSR count). The molecule has 5 nitrogen and oxygen atoms in total. The summed E-state index contributed by atoms with van der Waals surface area (Å²) in [6.45, 7) is 0. The molecule has 0 amide bonds. The van der Waals surface area contributed by atoms with E-state index in [9.17, 15) is 4.39 Å². The molecule has 0 unspecified atom stereocenters. The van der Waals surface area contributed by atoms with Crippen LogP contribution in [0.4, 0.5) is 10.3 Å². The van der Waals surface area contributed by atoms with Crippen LogP contribution in [0, 0.1) is 5.82 Å². The van der Waals surface area contributed by atoms with Crippen LogP contribution in [0.5, 0.6) is 0 Å². The highest BCUT2D eigenvalue weighted by molar-refractivity contribution is 6.30. The topological polar surface area (TPSA) is 55.6 Å². The van der Waals surface area contributed by atoms with Crippen LogP contribution >= 0.6 is 11.6 Å². The first kappa shape index (κ1) is 13.9. The number of hydrogen-bond donors (Lipinski definition) is 1. The molecular formula is C16H11ClFN5. The Balaban J connectivity index is 1.79. The zero-order valence-electron chi connectivity index (χ0n) is 11.8. The number of hydrogen-bond acceptors (Lipinski definition) is 4. The first-order valence-corrected chi connectivity index (χ1v) is 7.36. The Kier molecular flexibility index (Phi) is 3.31. The maximum atomic E-state index is 13.1. The van der Waals surface area contributed by atoms with Gasteiger partial charge in [-0.15, -0.1) is 0 Å². The number of fused-ring (bicyclic) bond motifs is 1. The average Bonchev–Trinajstić information content (AvgIpc) is 3.04. The van der Waals surface area contributed by atoms with Gasteiger partial charge in [0.15, 0.2) is 0 Å². The molecule has 1 atom stereocenters. The van der Waals surface area contributed by atoms with Crippen molar-refractivity contribution in [1.29, 1.82) is 0 Å². The summed E-state index contributed by atoms with van der Waals surface area (Å²) in [7, 11) is 0. The minimum Gasteiger partial charge on any atom is -0.323 e. The standard InChI is InChI=1S/C16H11ClFN5/c17-12-5-1-11(2-6-12)15-9-14(10-3-7-13(18)8-4-10)19-16-20-21-22-23(15)16/h1-9,15H,(H,19,20,22)/t15-/m0/s1. The third-order valence-corrected chi connectivity index (χ3v) is 3.95. The summed E-state index contributed by atoms with van der Waals surface area (Å²) >= 11 is 5.96. The SMILES string of the molecule is Fc1ccc(C2=C[C@@H](c3ccc(Cl)cc3)n3nnnc3N2)cc1. The van der Waals surface area contributed by atoms with E-state index in [1.54, 1.807) is 16.8 Å². The lowest BCUT2D eigenvalue weighted by Crippen LogP contribution is -2.20. The lowest BCUT2D eigenvalue weighted by molar-refractivity contribution is 0.586. The molecular weight excluding hydrogens is 317 g/mol. The number of halogens is 2. The van der Waals surface area contributed by atoms with E-state index in [0.29, 0.717) is 11.0 Å². The average molecular weight is 328 g/mol. The second-order valence-electron chi connectivity index (χ2n) is 5.16. The van der Waals surface area contributed by atoms with Crippen molar-refractivity contribution in [2.75, 3.05) is 5.32 Å². The van der Waals surface area contributed by atoms with Gasteiger partial charge in [-0.05, 0) is 64.0 Å². The maximum absolute atomic E-state index is 13.1. The van der Waals surface area contributed by atoms with Crippen molar-refractivity contribution in [3.8, 4) is 0 Å². The fourth-order valence-corrected chi connectivity index (χ4v) is 2.68. The van der Waals surface area contributed by atoms with Crippen molar-refractivity contribution >= 4 is 23.2 Å². The third-order valence-electron chi connectivity index (χ3n) is 3.69. The Bertz CT molecular complexity index is 870. The van der Waals surface area contributed by atoms with Gasteiger partial charge in [0.1, 0.15) is 11.9 Å². The Hall–Kier alpha value is -2.73. The normalized spacial score (nSPS) is 16.4. The number of anilines is 1. The molecule has 114 valence electrons. The minimum absolute atomic E-state index is 0.168. The second-order valence-corrected chi connectivity index (χ2v) is 5.59. The molecule has 0 radical (unpaired) electrons. The van der Waals surface area contributed by atoms with Gasteiger partial charge in [0.25, 0.3) is 0 Å². The molecule has 2 heterocycles. The first-order valence-electron chi connectivity index (χ1n) is 6.99. The van der Waals surface area contributed by atoms with Crippen molar-refractivity contribution in [3.63, 3.8) is 0 Å². The molecule has 0 aliphatic carbocycles. The van der Waals surface area contributed by atoms with Gasteiger partial charge >= 0.3 is 0 Å². The highest BCUT2D eigenvalue weighted by Gasteiger charge is 2.24. The van der Waals surface area contributed by atoms with E-state index in [0.717, 1.165) is 16.8 Å². The number of nitrogens with one attached hydrogen (secondary N) is 1. The van der Waals surface area contributed by atoms with Gasteiger partial charge in [0.2, 0.25) is 5.95 Å². The molecule has 0 bridgehead atoms. The maximum Gasteiger partial charge on any atom is 0.248 e. The highest BCUT2D eigenvalue weighted by atomic mass is 35.5. The summed E-state index contributed by atoms with van der Waals surface area (Å²) in [5.41, 5.74) is 2.69. The number of tetrazole rings is 1. The van der Waals surface area contributed by atoms with Crippen molar-refractivity contribution in [1.82, 2.24) is 20.2 Å². The molecule has 0 spiro atoms. The number of rotatable bonds is 2. The fourth-order valence-electron chi connectivity index (χ4n) is 2.55. The number of benzene rings is 2. The van der Waals surface area contributed by atoms with Crippen molar-refractivity contribution in [2.45, 2.75) is 6.04 Å². The molecule has 2 aromatic carbocycles. The zero-order chi connectivity index (χ0) is 15.8. The number of allylic oxidation sites excluding steroid dienone is 1. The number of aromatic nitrogens is 4. The summed E-state index contributed by atoms with van der Waals surface area (Å²) in [6.07, 6.45) is 2.00. The molecule has 7 heteroatoms. The molecule has 0 fully saturated rings. The van der Waals surface area contributed by atoms with Crippen LogP contribution in [0.1, 0.15) is 17.2 Å². The predicted octanol–water partition coefficient (Wildman–Crippen LogP) is 3.52. The Morgan fingerprint density at radius 3 is 2.52 bits per heavy atom. The molecule has 23 heavy (non-hydrogen) atoms. The van der Waals surface area contributed by atoms with E-state index in [1.807, 2.05) is 30.3 Å². The van der Waals surface area contributed by atoms with E-state index in [2.05, 4.69) is 20.8 Å². The van der Waals surface area contributed by atoms with Crippen molar-refractivity contribution in [2.24, 2.45) is 0 Å². The van der Waals surface area contributed by atoms with Crippen molar-refractivity contribution < 1.29 is 4.39 Å². The molecule has 0 saturated carbocycles. The molecule has 1 aromatic heterocycles. The van der Waals surface area contributed by atoms with Gasteiger partial charge in [-0.3, -0.25) is 0 Å². The van der Waals surface area contributed by atoms with Crippen LogP contribution in [-0.4, -0.2) is 20.2 Å². The Morgan fingerprint density at radius 2 is 1.78 bits per heavy atom. The van der Waals surface area contributed by atoms with Gasteiger partial charge < -0.3 is 5.32 Å². The molecule has 3 aromatic rings. The quantitative estimate of drug-likeness (QED) is 0.782. The van der Waals surface area contributed by atoms with E-state index >= 15 is 0 Å². The summed E-state index contributed by atoms with van der Waals surface area (Å²) < 4.78 is 14.8. The van der Waals surface area contributed by atoms with Crippen molar-refractivity contribution in [3.05, 3.63) is 76.6 Å². The van der Waals surface area contributed by atoms with Gasteiger partial charge in [-0.25, -0.2) is 4.39 Å². The molecule has 1 aliphatic heterocycles. The van der Waals surface area contributed by atoms with Gasteiger partial charge in [-0.1, -0.05) is 28.8 Å². The summed E-state index contributed by atoms with van der Waals surface area (Å²) in [6, 6.07) is 13.6. The smallest absolute Gasteiger partial charge is 0.248 e. The van der Waals surface area contributed by atoms with Crippen LogP contribution in [0.15, 0.2) is 54.6 Å². The van der Waals surface area contributed by atoms with E-state index < -0.39 is 0 Å². The minimum atomic E-state index is -0.274. The van der Waals surface area contributed by atoms with Gasteiger partial charge in [0.05, 0.1) is 0 Å². The summed E-state index contributed by atoms with van der Waals surface area (Å²) in [4.78, 5) is 0. The van der Waals surface area contributed by atoms with E-state index in [4.69, 9.17) is 11.6 Å². The van der Waals surface area contributed by atoms with Gasteiger partial charge in [0, 0.05) is 10.7 Å². The third kappa shape index (κ3) is 2.57. The Labute approximate surface area is 136 Å². The summed E-state index contributed by atoms with van der Waals surface area (Å²) in [5, 5.41) is 15.6. The highest BCUT2D eigenvalue weighted by Crippen LogP contribution is 2.31. The monoisotopic (exact) mass is 327 g/mol. The van der Waals surface area contributed by atoms with E-state index in [1.165, 1.54) is 12.1 Å². The molecule has 1 aliphatic rings. The largest absolute Gasteiger partial charge is 0.323 e. The van der Waals surface area contributed by atoms with Crippen LogP contribution in [0.25, 0.3) is 5.70 Å². The van der Waals surface area contributed by atoms with Crippen LogP contribution < -0.4 is 5.32 Å². The van der Waals surface area contributed by atoms with Crippen LogP contribution in [-0.2, 0) is 0 Å². The van der Waals surface area contributed by atoms with Crippen LogP contribution in [0.3, 0.4) is 0 Å². The molecule has 1 N–H and O–H groups in total. The lowest BCUT2D eigenvalue weighted by atomic mass is 10.0. The first-order chi connectivity index (χ1) is 11.2. The second kappa shape index (κ2) is 5.48.